The third kappa shape index (κ3) is 3.93. The van der Waals surface area contributed by atoms with Gasteiger partial charge in [0.15, 0.2) is 5.41 Å². The Hall–Kier alpha value is -3.86. The first kappa shape index (κ1) is 26.2. The van der Waals surface area contributed by atoms with Gasteiger partial charge in [0.05, 0.1) is 30.7 Å². The molecule has 0 radical (unpaired) electrons. The molecule has 2 fully saturated rings. The number of fused-ring (bicyclic) bond motifs is 2. The molecule has 7 nitrogen and oxygen atoms in total. The van der Waals surface area contributed by atoms with E-state index in [0.717, 1.165) is 18.4 Å². The van der Waals surface area contributed by atoms with Crippen molar-refractivity contribution in [3.05, 3.63) is 65.2 Å². The summed E-state index contributed by atoms with van der Waals surface area (Å²) in [6.45, 7) is 6.46. The number of ether oxygens (including phenoxy) is 3. The van der Waals surface area contributed by atoms with Crippen molar-refractivity contribution >= 4 is 5.90 Å². The molecular formula is C30H32N4O3. The molecule has 4 unspecified atom stereocenters. The van der Waals surface area contributed by atoms with Crippen molar-refractivity contribution in [2.24, 2.45) is 16.7 Å². The topological polar surface area (TPSA) is 123 Å². The number of rotatable bonds is 9. The molecule has 2 aromatic rings. The second kappa shape index (κ2) is 10.3. The molecule has 2 aliphatic rings. The number of nitrogens with one attached hydrogen (secondary N) is 1. The molecule has 37 heavy (non-hydrogen) atoms. The Morgan fingerprint density at radius 2 is 1.57 bits per heavy atom. The van der Waals surface area contributed by atoms with Gasteiger partial charge in [-0.15, -0.1) is 0 Å². The third-order valence-corrected chi connectivity index (χ3v) is 7.82. The van der Waals surface area contributed by atoms with E-state index in [-0.39, 0.29) is 0 Å². The lowest BCUT2D eigenvalue weighted by molar-refractivity contribution is -0.288. The summed E-state index contributed by atoms with van der Waals surface area (Å²) in [5, 5.41) is 39.9. The van der Waals surface area contributed by atoms with E-state index in [0.29, 0.717) is 23.5 Å². The quantitative estimate of drug-likeness (QED) is 0.398. The molecule has 2 aliphatic heterocycles. The molecule has 2 aromatic carbocycles. The lowest BCUT2D eigenvalue weighted by Gasteiger charge is -2.48. The average Bonchev–Trinajstić information content (AvgIpc) is 3.07. The van der Waals surface area contributed by atoms with Crippen LogP contribution in [0.1, 0.15) is 68.7 Å². The zero-order valence-corrected chi connectivity index (χ0v) is 21.6. The van der Waals surface area contributed by atoms with Crippen LogP contribution in [0.4, 0.5) is 0 Å². The van der Waals surface area contributed by atoms with Crippen LogP contribution in [0.25, 0.3) is 0 Å². The second-order valence-corrected chi connectivity index (χ2v) is 9.97. The highest BCUT2D eigenvalue weighted by molar-refractivity contribution is 5.89. The fraction of sp³-hybridized carbons (Fsp3) is 0.467. The zero-order valence-electron chi connectivity index (χ0n) is 21.6. The van der Waals surface area contributed by atoms with Crippen LogP contribution in [0.15, 0.2) is 48.5 Å². The van der Waals surface area contributed by atoms with Gasteiger partial charge in [-0.3, -0.25) is 5.41 Å². The molecule has 0 saturated carbocycles. The van der Waals surface area contributed by atoms with Crippen LogP contribution in [-0.4, -0.2) is 12.5 Å². The Morgan fingerprint density at radius 1 is 0.919 bits per heavy atom. The first-order chi connectivity index (χ1) is 17.8. The Morgan fingerprint density at radius 3 is 2.16 bits per heavy atom. The Labute approximate surface area is 218 Å². The fourth-order valence-corrected chi connectivity index (χ4v) is 5.59. The Balaban J connectivity index is 1.71. The van der Waals surface area contributed by atoms with Crippen LogP contribution in [0.2, 0.25) is 0 Å². The van der Waals surface area contributed by atoms with E-state index < -0.39 is 34.5 Å². The molecule has 190 valence electrons. The predicted molar refractivity (Wildman–Crippen MR) is 137 cm³/mol. The van der Waals surface area contributed by atoms with Gasteiger partial charge in [-0.1, -0.05) is 81.5 Å². The van der Waals surface area contributed by atoms with E-state index >= 15 is 0 Å². The number of hydrogen-bond donors (Lipinski definition) is 1. The standard InChI is InChI=1S/C30H32N4O3/c1-4-5-6-7-8-17-35-25-15-11-23(12-16-25)26-28(18-31,19-32)29(20-33)22(3)30(36-26,37-27(29)34)24-13-9-21(2)10-14-24/h9-16,22,26,34H,4-8,17H2,1-3H3. The van der Waals surface area contributed by atoms with Crippen molar-refractivity contribution in [3.63, 3.8) is 0 Å². The molecule has 4 rings (SSSR count). The molecule has 2 bridgehead atoms. The third-order valence-electron chi connectivity index (χ3n) is 7.82. The minimum Gasteiger partial charge on any atom is -0.494 e. The van der Waals surface area contributed by atoms with E-state index in [1.807, 2.05) is 31.2 Å². The minimum absolute atomic E-state index is 0.420. The molecule has 1 N–H and O–H groups in total. The van der Waals surface area contributed by atoms with Crippen LogP contribution in [-0.2, 0) is 15.3 Å². The largest absolute Gasteiger partial charge is 0.494 e. The maximum Gasteiger partial charge on any atom is 0.244 e. The van der Waals surface area contributed by atoms with Crippen LogP contribution >= 0.6 is 0 Å². The molecule has 0 spiro atoms. The molecule has 4 atom stereocenters. The van der Waals surface area contributed by atoms with Gasteiger partial charge in [0.25, 0.3) is 0 Å². The smallest absolute Gasteiger partial charge is 0.244 e. The highest BCUT2D eigenvalue weighted by Crippen LogP contribution is 2.68. The van der Waals surface area contributed by atoms with Crippen molar-refractivity contribution in [3.8, 4) is 24.0 Å². The van der Waals surface area contributed by atoms with E-state index in [9.17, 15) is 15.8 Å². The average molecular weight is 497 g/mol. The van der Waals surface area contributed by atoms with Gasteiger partial charge >= 0.3 is 0 Å². The van der Waals surface area contributed by atoms with Crippen molar-refractivity contribution in [1.29, 1.82) is 21.2 Å². The molecule has 2 heterocycles. The lowest BCUT2D eigenvalue weighted by Crippen LogP contribution is -2.57. The van der Waals surface area contributed by atoms with Crippen LogP contribution < -0.4 is 4.74 Å². The minimum atomic E-state index is -2.00. The highest BCUT2D eigenvalue weighted by atomic mass is 16.7. The molecular weight excluding hydrogens is 464 g/mol. The summed E-state index contributed by atoms with van der Waals surface area (Å²) in [6.07, 6.45) is 4.58. The monoisotopic (exact) mass is 496 g/mol. The predicted octanol–water partition coefficient (Wildman–Crippen LogP) is 6.46. The summed E-state index contributed by atoms with van der Waals surface area (Å²) < 4.78 is 18.5. The van der Waals surface area contributed by atoms with E-state index in [4.69, 9.17) is 19.6 Å². The van der Waals surface area contributed by atoms with Crippen molar-refractivity contribution in [2.45, 2.75) is 64.8 Å². The van der Waals surface area contributed by atoms with Crippen molar-refractivity contribution in [2.75, 3.05) is 6.61 Å². The maximum atomic E-state index is 10.4. The van der Waals surface area contributed by atoms with Gasteiger partial charge in [-0.25, -0.2) is 0 Å². The normalized spacial score (nSPS) is 27.4. The second-order valence-electron chi connectivity index (χ2n) is 9.97. The Kier molecular flexibility index (Phi) is 7.26. The van der Waals surface area contributed by atoms with Gasteiger partial charge in [0.2, 0.25) is 17.1 Å². The first-order valence-electron chi connectivity index (χ1n) is 12.8. The fourth-order valence-electron chi connectivity index (χ4n) is 5.59. The molecule has 0 aromatic heterocycles. The number of nitrogens with zero attached hydrogens (tertiary/aromatic N) is 3. The highest BCUT2D eigenvalue weighted by Gasteiger charge is 2.79. The summed E-state index contributed by atoms with van der Waals surface area (Å²) >= 11 is 0. The number of nitriles is 3. The van der Waals surface area contributed by atoms with E-state index in [1.165, 1.54) is 19.3 Å². The molecule has 0 aliphatic carbocycles. The van der Waals surface area contributed by atoms with Crippen LogP contribution in [0.5, 0.6) is 5.75 Å². The van der Waals surface area contributed by atoms with Crippen LogP contribution in [0, 0.1) is 63.1 Å². The summed E-state index contributed by atoms with van der Waals surface area (Å²) in [5.74, 6) is -2.02. The number of hydrogen-bond acceptors (Lipinski definition) is 7. The van der Waals surface area contributed by atoms with Gasteiger partial charge in [0, 0.05) is 5.56 Å². The SMILES string of the molecule is CCCCCCCOc1ccc(C2OC3(c4ccc(C)cc4)OC(=N)C(C#N)(C3C)C2(C#N)C#N)cc1. The van der Waals surface area contributed by atoms with Gasteiger partial charge in [0.1, 0.15) is 11.9 Å². The summed E-state index contributed by atoms with van der Waals surface area (Å²) in [6, 6.07) is 20.9. The molecule has 2 saturated heterocycles. The summed E-state index contributed by atoms with van der Waals surface area (Å²) in [7, 11) is 0. The molecule has 7 heteroatoms. The van der Waals surface area contributed by atoms with Crippen molar-refractivity contribution in [1.82, 2.24) is 0 Å². The maximum absolute atomic E-state index is 10.4. The van der Waals surface area contributed by atoms with Crippen molar-refractivity contribution < 1.29 is 14.2 Å². The number of aryl methyl sites for hydroxylation is 1. The van der Waals surface area contributed by atoms with Gasteiger partial charge < -0.3 is 14.2 Å². The lowest BCUT2D eigenvalue weighted by atomic mass is 9.53. The zero-order chi connectivity index (χ0) is 26.7. The van der Waals surface area contributed by atoms with Gasteiger partial charge in [-0.2, -0.15) is 15.8 Å². The summed E-state index contributed by atoms with van der Waals surface area (Å²) in [5.41, 5.74) is -1.61. The number of benzene rings is 2. The number of unbranched alkanes of at least 4 members (excludes halogenated alkanes) is 4. The first-order valence-corrected chi connectivity index (χ1v) is 12.8. The van der Waals surface area contributed by atoms with Crippen LogP contribution in [0.3, 0.4) is 0 Å². The van der Waals surface area contributed by atoms with E-state index in [2.05, 4.69) is 25.1 Å². The Bertz CT molecular complexity index is 1250. The molecule has 0 amide bonds. The van der Waals surface area contributed by atoms with E-state index in [1.54, 1.807) is 31.2 Å². The van der Waals surface area contributed by atoms with Gasteiger partial charge in [-0.05, 0) is 31.0 Å². The summed E-state index contributed by atoms with van der Waals surface area (Å²) in [4.78, 5) is 0.